The van der Waals surface area contributed by atoms with E-state index < -0.39 is 0 Å². The first-order valence-electron chi connectivity index (χ1n) is 3.88. The van der Waals surface area contributed by atoms with Crippen LogP contribution < -0.4 is 0 Å². The number of hydrogen-bond acceptors (Lipinski definition) is 2. The minimum Gasteiger partial charge on any atom is -0.279 e. The third-order valence-corrected chi connectivity index (χ3v) is 2.69. The second-order valence-electron chi connectivity index (χ2n) is 3.28. The van der Waals surface area contributed by atoms with E-state index in [2.05, 4.69) is 25.8 Å². The molecule has 1 aliphatic rings. The topological polar surface area (TPSA) is 12.4 Å². The van der Waals surface area contributed by atoms with E-state index in [1.165, 1.54) is 17.2 Å². The maximum absolute atomic E-state index is 4.51. The van der Waals surface area contributed by atoms with Crippen LogP contribution in [0.25, 0.3) is 0 Å². The third kappa shape index (κ3) is 2.33. The first-order valence-corrected chi connectivity index (χ1v) is 4.86. The van der Waals surface area contributed by atoms with Gasteiger partial charge in [0, 0.05) is 5.75 Å². The molecule has 0 N–H and O–H groups in total. The number of thioether (sulfide) groups is 1. The highest BCUT2D eigenvalue weighted by Gasteiger charge is 2.13. The molecule has 1 atom stereocenters. The maximum atomic E-state index is 4.51. The van der Waals surface area contributed by atoms with Crippen molar-refractivity contribution in [1.82, 2.24) is 0 Å². The van der Waals surface area contributed by atoms with Crippen molar-refractivity contribution in [2.45, 2.75) is 33.2 Å². The Morgan fingerprint density at radius 1 is 1.70 bits per heavy atom. The molecule has 0 unspecified atom stereocenters. The third-order valence-electron chi connectivity index (χ3n) is 1.44. The Kier molecular flexibility index (Phi) is 2.78. The van der Waals surface area contributed by atoms with Gasteiger partial charge in [-0.05, 0) is 19.3 Å². The van der Waals surface area contributed by atoms with Crippen LogP contribution in [0, 0.1) is 5.92 Å². The Hall–Kier alpha value is 0.0200. The molecule has 10 heavy (non-hydrogen) atoms. The monoisotopic (exact) mass is 157 g/mol. The summed E-state index contributed by atoms with van der Waals surface area (Å²) in [6.45, 7) is 6.67. The molecule has 0 fully saturated rings. The standard InChI is InChI=1S/C8H15NS/c1-6(2)4-8-9-7(3)5-10-8/h6-7H,4-5H2,1-3H3/t7-/m1/s1. The van der Waals surface area contributed by atoms with Gasteiger partial charge in [-0.3, -0.25) is 4.99 Å². The minimum atomic E-state index is 0.568. The van der Waals surface area contributed by atoms with Crippen molar-refractivity contribution in [1.29, 1.82) is 0 Å². The van der Waals surface area contributed by atoms with Gasteiger partial charge in [-0.15, -0.1) is 11.8 Å². The van der Waals surface area contributed by atoms with E-state index >= 15 is 0 Å². The second kappa shape index (κ2) is 3.42. The number of hydrogen-bond donors (Lipinski definition) is 0. The Morgan fingerprint density at radius 2 is 2.40 bits per heavy atom. The van der Waals surface area contributed by atoms with Gasteiger partial charge in [-0.1, -0.05) is 13.8 Å². The van der Waals surface area contributed by atoms with E-state index in [4.69, 9.17) is 0 Å². The molecule has 2 heteroatoms. The van der Waals surface area contributed by atoms with Crippen LogP contribution >= 0.6 is 11.8 Å². The van der Waals surface area contributed by atoms with E-state index in [1.807, 2.05) is 11.8 Å². The van der Waals surface area contributed by atoms with Crippen LogP contribution in [-0.2, 0) is 0 Å². The van der Waals surface area contributed by atoms with Gasteiger partial charge in [-0.2, -0.15) is 0 Å². The highest BCUT2D eigenvalue weighted by molar-refractivity contribution is 8.14. The normalized spacial score (nSPS) is 25.6. The first-order chi connectivity index (χ1) is 4.68. The molecular formula is C8H15NS. The first kappa shape index (κ1) is 8.12. The fraction of sp³-hybridized carbons (Fsp3) is 0.875. The fourth-order valence-corrected chi connectivity index (χ4v) is 2.21. The number of aliphatic imine (C=N–C) groups is 1. The van der Waals surface area contributed by atoms with E-state index in [1.54, 1.807) is 0 Å². The molecule has 1 rings (SSSR count). The molecule has 0 aromatic rings. The van der Waals surface area contributed by atoms with Gasteiger partial charge in [0.1, 0.15) is 0 Å². The largest absolute Gasteiger partial charge is 0.279 e. The van der Waals surface area contributed by atoms with Crippen molar-refractivity contribution in [3.8, 4) is 0 Å². The minimum absolute atomic E-state index is 0.568. The van der Waals surface area contributed by atoms with Crippen LogP contribution in [0.15, 0.2) is 4.99 Å². The Balaban J connectivity index is 2.35. The van der Waals surface area contributed by atoms with Gasteiger partial charge in [0.2, 0.25) is 0 Å². The van der Waals surface area contributed by atoms with E-state index in [0.717, 1.165) is 5.92 Å². The molecule has 0 aromatic carbocycles. The number of nitrogens with zero attached hydrogens (tertiary/aromatic N) is 1. The highest BCUT2D eigenvalue weighted by atomic mass is 32.2. The highest BCUT2D eigenvalue weighted by Crippen LogP contribution is 2.22. The summed E-state index contributed by atoms with van der Waals surface area (Å²) < 4.78 is 0. The van der Waals surface area contributed by atoms with Crippen LogP contribution in [0.5, 0.6) is 0 Å². The van der Waals surface area contributed by atoms with Crippen LogP contribution in [0.4, 0.5) is 0 Å². The molecular weight excluding hydrogens is 142 g/mol. The van der Waals surface area contributed by atoms with E-state index in [0.29, 0.717) is 6.04 Å². The van der Waals surface area contributed by atoms with E-state index in [-0.39, 0.29) is 0 Å². The van der Waals surface area contributed by atoms with Gasteiger partial charge in [0.15, 0.2) is 0 Å². The summed E-state index contributed by atoms with van der Waals surface area (Å²) in [4.78, 5) is 4.51. The molecule has 0 aromatic heterocycles. The van der Waals surface area contributed by atoms with Crippen LogP contribution in [0.3, 0.4) is 0 Å². The van der Waals surface area contributed by atoms with Crippen molar-refractivity contribution < 1.29 is 0 Å². The lowest BCUT2D eigenvalue weighted by molar-refractivity contribution is 0.686. The van der Waals surface area contributed by atoms with Crippen molar-refractivity contribution in [2.75, 3.05) is 5.75 Å². The molecule has 0 aliphatic carbocycles. The predicted molar refractivity (Wildman–Crippen MR) is 48.8 cm³/mol. The molecule has 1 nitrogen and oxygen atoms in total. The molecule has 1 heterocycles. The second-order valence-corrected chi connectivity index (χ2v) is 4.37. The average molecular weight is 157 g/mol. The van der Waals surface area contributed by atoms with Crippen LogP contribution in [-0.4, -0.2) is 16.8 Å². The molecule has 0 bridgehead atoms. The molecule has 0 saturated carbocycles. The van der Waals surface area contributed by atoms with Crippen LogP contribution in [0.2, 0.25) is 0 Å². The zero-order valence-electron chi connectivity index (χ0n) is 6.92. The lowest BCUT2D eigenvalue weighted by atomic mass is 10.1. The van der Waals surface area contributed by atoms with Gasteiger partial charge in [0.25, 0.3) is 0 Å². The van der Waals surface area contributed by atoms with Gasteiger partial charge >= 0.3 is 0 Å². The summed E-state index contributed by atoms with van der Waals surface area (Å²) >= 11 is 1.93. The summed E-state index contributed by atoms with van der Waals surface area (Å²) in [7, 11) is 0. The Morgan fingerprint density at radius 3 is 2.80 bits per heavy atom. The van der Waals surface area contributed by atoms with Crippen molar-refractivity contribution in [3.63, 3.8) is 0 Å². The zero-order valence-corrected chi connectivity index (χ0v) is 7.74. The van der Waals surface area contributed by atoms with Gasteiger partial charge in [0.05, 0.1) is 11.1 Å². The summed E-state index contributed by atoms with van der Waals surface area (Å²) in [5, 5.41) is 1.36. The maximum Gasteiger partial charge on any atom is 0.0682 e. The predicted octanol–water partition coefficient (Wildman–Crippen LogP) is 2.57. The summed E-state index contributed by atoms with van der Waals surface area (Å²) in [5.74, 6) is 1.96. The van der Waals surface area contributed by atoms with Crippen molar-refractivity contribution in [3.05, 3.63) is 0 Å². The Bertz CT molecular complexity index is 140. The number of rotatable bonds is 2. The summed E-state index contributed by atoms with van der Waals surface area (Å²) in [6.07, 6.45) is 1.18. The van der Waals surface area contributed by atoms with Gasteiger partial charge < -0.3 is 0 Å². The van der Waals surface area contributed by atoms with Crippen molar-refractivity contribution in [2.24, 2.45) is 10.9 Å². The Labute approximate surface area is 67.3 Å². The summed E-state index contributed by atoms with van der Waals surface area (Å²) in [5.41, 5.74) is 0. The quantitative estimate of drug-likeness (QED) is 0.600. The smallest absolute Gasteiger partial charge is 0.0682 e. The zero-order chi connectivity index (χ0) is 7.56. The fourth-order valence-electron chi connectivity index (χ4n) is 0.998. The molecule has 0 saturated heterocycles. The molecule has 58 valence electrons. The van der Waals surface area contributed by atoms with Crippen LogP contribution in [0.1, 0.15) is 27.2 Å². The van der Waals surface area contributed by atoms with Gasteiger partial charge in [-0.25, -0.2) is 0 Å². The SMILES string of the molecule is CC(C)CC1=N[C@H](C)CS1. The average Bonchev–Trinajstić information content (AvgIpc) is 2.13. The van der Waals surface area contributed by atoms with Crippen molar-refractivity contribution >= 4 is 16.8 Å². The lowest BCUT2D eigenvalue weighted by Crippen LogP contribution is -1.95. The molecule has 0 radical (unpaired) electrons. The summed E-state index contributed by atoms with van der Waals surface area (Å²) in [6, 6.07) is 0.568. The molecule has 1 aliphatic heterocycles. The molecule has 0 amide bonds. The van der Waals surface area contributed by atoms with E-state index in [9.17, 15) is 0 Å². The molecule has 0 spiro atoms. The lowest BCUT2D eigenvalue weighted by Gasteiger charge is -2.01.